The number of hydrogen-bond acceptors (Lipinski definition) is 2. The Morgan fingerprint density at radius 2 is 1.86 bits per heavy atom. The largest absolute Gasteiger partial charge is 0.369 e. The highest BCUT2D eigenvalue weighted by molar-refractivity contribution is 5.79. The number of benzene rings is 2. The molecule has 2 aromatic carbocycles. The minimum Gasteiger partial charge on any atom is -0.369 e. The zero-order chi connectivity index (χ0) is 14.2. The number of para-hydroxylation sites is 2. The monoisotopic (exact) mass is 281 g/mol. The molecule has 0 aliphatic carbocycles. The molecule has 2 heterocycles. The van der Waals surface area contributed by atoms with E-state index in [0.717, 1.165) is 42.5 Å². The van der Waals surface area contributed by atoms with E-state index in [1.54, 1.807) is 6.07 Å². The quantitative estimate of drug-likeness (QED) is 0.770. The number of hydrogen-bond donors (Lipinski definition) is 1. The van der Waals surface area contributed by atoms with Crippen LogP contribution in [0.25, 0.3) is 22.4 Å². The van der Waals surface area contributed by atoms with Gasteiger partial charge < -0.3 is 9.88 Å². The van der Waals surface area contributed by atoms with Gasteiger partial charge in [0.2, 0.25) is 0 Å². The van der Waals surface area contributed by atoms with Gasteiger partial charge in [0.05, 0.1) is 16.7 Å². The smallest absolute Gasteiger partial charge is 0.147 e. The van der Waals surface area contributed by atoms with Crippen molar-refractivity contribution in [3.05, 3.63) is 48.3 Å². The standard InChI is InChI=1S/C17H16FN3/c18-13-11-12(7-8-16(13)21-9-3-4-10-21)17-19-14-5-1-2-6-15(14)20-17/h1-2,5-8,11H,3-4,9-10H2,(H,19,20). The maximum Gasteiger partial charge on any atom is 0.147 e. The van der Waals surface area contributed by atoms with E-state index in [9.17, 15) is 4.39 Å². The number of rotatable bonds is 2. The molecule has 4 rings (SSSR count). The second-order valence-corrected chi connectivity index (χ2v) is 5.46. The molecule has 0 spiro atoms. The van der Waals surface area contributed by atoms with Crippen molar-refractivity contribution < 1.29 is 4.39 Å². The van der Waals surface area contributed by atoms with Crippen LogP contribution in [0.15, 0.2) is 42.5 Å². The van der Waals surface area contributed by atoms with E-state index in [4.69, 9.17) is 0 Å². The lowest BCUT2D eigenvalue weighted by Gasteiger charge is -2.18. The normalized spacial score (nSPS) is 15.0. The topological polar surface area (TPSA) is 31.9 Å². The number of anilines is 1. The summed E-state index contributed by atoms with van der Waals surface area (Å²) in [5.74, 6) is 0.540. The summed E-state index contributed by atoms with van der Waals surface area (Å²) in [6.07, 6.45) is 2.29. The number of halogens is 1. The van der Waals surface area contributed by atoms with Crippen LogP contribution in [-0.2, 0) is 0 Å². The lowest BCUT2D eigenvalue weighted by Crippen LogP contribution is -2.18. The molecule has 0 saturated carbocycles. The van der Waals surface area contributed by atoms with Crippen molar-refractivity contribution in [2.75, 3.05) is 18.0 Å². The number of nitrogens with one attached hydrogen (secondary N) is 1. The molecule has 1 aliphatic rings. The van der Waals surface area contributed by atoms with E-state index in [0.29, 0.717) is 11.5 Å². The fraction of sp³-hybridized carbons (Fsp3) is 0.235. The molecule has 1 saturated heterocycles. The Hall–Kier alpha value is -2.36. The van der Waals surface area contributed by atoms with Gasteiger partial charge in [-0.05, 0) is 43.2 Å². The summed E-state index contributed by atoms with van der Waals surface area (Å²) in [6, 6.07) is 13.2. The molecule has 4 heteroatoms. The van der Waals surface area contributed by atoms with Gasteiger partial charge in [-0.1, -0.05) is 12.1 Å². The van der Waals surface area contributed by atoms with Crippen LogP contribution < -0.4 is 4.90 Å². The van der Waals surface area contributed by atoms with Gasteiger partial charge in [0.25, 0.3) is 0 Å². The summed E-state index contributed by atoms with van der Waals surface area (Å²) >= 11 is 0. The first-order valence-electron chi connectivity index (χ1n) is 7.31. The maximum absolute atomic E-state index is 14.4. The molecule has 0 bridgehead atoms. The third-order valence-corrected chi connectivity index (χ3v) is 4.06. The number of aromatic amines is 1. The summed E-state index contributed by atoms with van der Waals surface area (Å²) in [5.41, 5.74) is 3.35. The lowest BCUT2D eigenvalue weighted by molar-refractivity contribution is 0.623. The Morgan fingerprint density at radius 1 is 1.05 bits per heavy atom. The van der Waals surface area contributed by atoms with Crippen molar-refractivity contribution in [2.45, 2.75) is 12.8 Å². The van der Waals surface area contributed by atoms with Gasteiger partial charge in [-0.3, -0.25) is 0 Å². The molecule has 0 amide bonds. The van der Waals surface area contributed by atoms with Gasteiger partial charge in [-0.2, -0.15) is 0 Å². The minimum absolute atomic E-state index is 0.171. The highest BCUT2D eigenvalue weighted by Gasteiger charge is 2.17. The molecule has 0 atom stereocenters. The minimum atomic E-state index is -0.171. The second-order valence-electron chi connectivity index (χ2n) is 5.46. The first kappa shape index (κ1) is 12.4. The average Bonchev–Trinajstić information content (AvgIpc) is 3.16. The van der Waals surface area contributed by atoms with Gasteiger partial charge in [-0.25, -0.2) is 9.37 Å². The number of nitrogens with zero attached hydrogens (tertiary/aromatic N) is 2. The average molecular weight is 281 g/mol. The van der Waals surface area contributed by atoms with Gasteiger partial charge >= 0.3 is 0 Å². The van der Waals surface area contributed by atoms with Gasteiger partial charge in [0.1, 0.15) is 11.6 Å². The fourth-order valence-electron chi connectivity index (χ4n) is 2.96. The highest BCUT2D eigenvalue weighted by Crippen LogP contribution is 2.28. The van der Waals surface area contributed by atoms with E-state index in [2.05, 4.69) is 14.9 Å². The van der Waals surface area contributed by atoms with Crippen LogP contribution >= 0.6 is 0 Å². The molecule has 1 fully saturated rings. The van der Waals surface area contributed by atoms with E-state index < -0.39 is 0 Å². The van der Waals surface area contributed by atoms with Crippen molar-refractivity contribution in [1.82, 2.24) is 9.97 Å². The van der Waals surface area contributed by atoms with Gasteiger partial charge in [0.15, 0.2) is 0 Å². The number of aromatic nitrogens is 2. The molecule has 1 aliphatic heterocycles. The summed E-state index contributed by atoms with van der Waals surface area (Å²) in [4.78, 5) is 9.86. The van der Waals surface area contributed by atoms with E-state index >= 15 is 0 Å². The first-order valence-corrected chi connectivity index (χ1v) is 7.31. The zero-order valence-electron chi connectivity index (χ0n) is 11.6. The molecular weight excluding hydrogens is 265 g/mol. The number of fused-ring (bicyclic) bond motifs is 1. The molecular formula is C17H16FN3. The van der Waals surface area contributed by atoms with Crippen molar-refractivity contribution in [3.8, 4) is 11.4 Å². The van der Waals surface area contributed by atoms with Crippen molar-refractivity contribution in [3.63, 3.8) is 0 Å². The Bertz CT molecular complexity index is 755. The van der Waals surface area contributed by atoms with Crippen LogP contribution in [0.3, 0.4) is 0 Å². The highest BCUT2D eigenvalue weighted by atomic mass is 19.1. The lowest BCUT2D eigenvalue weighted by atomic mass is 10.1. The Balaban J connectivity index is 1.73. The van der Waals surface area contributed by atoms with Crippen molar-refractivity contribution in [1.29, 1.82) is 0 Å². The van der Waals surface area contributed by atoms with E-state index in [1.807, 2.05) is 36.4 Å². The first-order chi connectivity index (χ1) is 10.3. The third-order valence-electron chi connectivity index (χ3n) is 4.06. The van der Waals surface area contributed by atoms with Crippen LogP contribution in [0.5, 0.6) is 0 Å². The zero-order valence-corrected chi connectivity index (χ0v) is 11.6. The van der Waals surface area contributed by atoms with Crippen LogP contribution in [0.2, 0.25) is 0 Å². The Kier molecular flexibility index (Phi) is 2.88. The molecule has 3 aromatic rings. The predicted octanol–water partition coefficient (Wildman–Crippen LogP) is 3.97. The summed E-state index contributed by atoms with van der Waals surface area (Å²) < 4.78 is 14.4. The number of imidazole rings is 1. The SMILES string of the molecule is Fc1cc(-c2nc3ccccc3[nH]2)ccc1N1CCCC1. The molecule has 21 heavy (non-hydrogen) atoms. The molecule has 3 nitrogen and oxygen atoms in total. The summed E-state index contributed by atoms with van der Waals surface area (Å²) in [6.45, 7) is 1.89. The third kappa shape index (κ3) is 2.17. The predicted molar refractivity (Wildman–Crippen MR) is 82.9 cm³/mol. The molecule has 106 valence electrons. The molecule has 1 N–H and O–H groups in total. The summed E-state index contributed by atoms with van der Waals surface area (Å²) in [5, 5.41) is 0. The van der Waals surface area contributed by atoms with Gasteiger partial charge in [-0.15, -0.1) is 0 Å². The van der Waals surface area contributed by atoms with Crippen LogP contribution in [0.1, 0.15) is 12.8 Å². The van der Waals surface area contributed by atoms with E-state index in [1.165, 1.54) is 0 Å². The maximum atomic E-state index is 14.4. The van der Waals surface area contributed by atoms with Gasteiger partial charge in [0, 0.05) is 18.7 Å². The Labute approximate surface area is 122 Å². The number of H-pyrrole nitrogens is 1. The van der Waals surface area contributed by atoms with Crippen molar-refractivity contribution >= 4 is 16.7 Å². The second kappa shape index (κ2) is 4.88. The molecule has 0 unspecified atom stereocenters. The molecule has 1 aromatic heterocycles. The van der Waals surface area contributed by atoms with E-state index in [-0.39, 0.29) is 5.82 Å². The van der Waals surface area contributed by atoms with Crippen LogP contribution in [0.4, 0.5) is 10.1 Å². The Morgan fingerprint density at radius 3 is 2.62 bits per heavy atom. The summed E-state index contributed by atoms with van der Waals surface area (Å²) in [7, 11) is 0. The molecule has 0 radical (unpaired) electrons. The fourth-order valence-corrected chi connectivity index (χ4v) is 2.96. The van der Waals surface area contributed by atoms with Crippen LogP contribution in [0, 0.1) is 5.82 Å². The van der Waals surface area contributed by atoms with Crippen LogP contribution in [-0.4, -0.2) is 23.1 Å². The van der Waals surface area contributed by atoms with Crippen molar-refractivity contribution in [2.24, 2.45) is 0 Å².